The van der Waals surface area contributed by atoms with Crippen LogP contribution in [0.1, 0.15) is 45.5 Å². The molecule has 0 amide bonds. The molecule has 1 saturated carbocycles. The van der Waals surface area contributed by atoms with Crippen molar-refractivity contribution in [1.29, 1.82) is 0 Å². The van der Waals surface area contributed by atoms with E-state index in [4.69, 9.17) is 14.7 Å². The molecule has 0 saturated heterocycles. The zero-order valence-electron chi connectivity index (χ0n) is 21.6. The number of nitrogens with zero attached hydrogens (tertiary/aromatic N) is 4. The number of fused-ring (bicyclic) bond motifs is 1. The van der Waals surface area contributed by atoms with Gasteiger partial charge in [0, 0.05) is 18.7 Å². The standard InChI is InChI=1S/C25H36N6O4S/c1-12(2)35-10-9-27-24-28-13(3)18(23-30-19-14(4)26-8-7-17(19)36-23)22(31-24)29-16-11-15(25(5,6)34)20(32)21(16)33/h7-8,12,15-16,20-21,32-34H,9-11H2,1-6H3,(H2,27,28,29,31)/t15-,16+,20+,21-/m0/s1. The first-order valence-electron chi connectivity index (χ1n) is 12.3. The van der Waals surface area contributed by atoms with Crippen molar-refractivity contribution in [3.63, 3.8) is 0 Å². The van der Waals surface area contributed by atoms with E-state index >= 15 is 0 Å². The van der Waals surface area contributed by atoms with Gasteiger partial charge in [-0.25, -0.2) is 9.97 Å². The van der Waals surface area contributed by atoms with Crippen LogP contribution in [0, 0.1) is 19.8 Å². The topological polar surface area (TPSA) is 146 Å². The molecule has 0 aliphatic heterocycles. The zero-order chi connectivity index (χ0) is 26.2. The lowest BCUT2D eigenvalue weighted by Crippen LogP contribution is -2.40. The first-order valence-corrected chi connectivity index (χ1v) is 13.1. The molecule has 1 aliphatic rings. The highest BCUT2D eigenvalue weighted by Crippen LogP contribution is 2.40. The lowest BCUT2D eigenvalue weighted by molar-refractivity contribution is -0.0601. The molecule has 0 bridgehead atoms. The van der Waals surface area contributed by atoms with Crippen LogP contribution in [0.25, 0.3) is 20.8 Å². The van der Waals surface area contributed by atoms with E-state index in [0.717, 1.165) is 32.2 Å². The Morgan fingerprint density at radius 2 is 1.89 bits per heavy atom. The van der Waals surface area contributed by atoms with Crippen LogP contribution < -0.4 is 10.6 Å². The van der Waals surface area contributed by atoms with Gasteiger partial charge in [0.25, 0.3) is 0 Å². The van der Waals surface area contributed by atoms with Gasteiger partial charge in [-0.15, -0.1) is 11.3 Å². The Balaban J connectivity index is 1.70. The molecule has 11 heteroatoms. The first kappa shape index (κ1) is 26.6. The Hall–Kier alpha value is -2.44. The molecule has 0 spiro atoms. The highest BCUT2D eigenvalue weighted by atomic mass is 32.1. The number of anilines is 2. The summed E-state index contributed by atoms with van der Waals surface area (Å²) in [5, 5.41) is 39.2. The van der Waals surface area contributed by atoms with Crippen LogP contribution in [0.3, 0.4) is 0 Å². The molecule has 4 rings (SSSR count). The van der Waals surface area contributed by atoms with Crippen LogP contribution in [-0.2, 0) is 4.74 Å². The van der Waals surface area contributed by atoms with E-state index in [1.165, 1.54) is 11.3 Å². The van der Waals surface area contributed by atoms with E-state index < -0.39 is 29.8 Å². The number of hydrogen-bond donors (Lipinski definition) is 5. The van der Waals surface area contributed by atoms with Gasteiger partial charge in [0.2, 0.25) is 5.95 Å². The normalized spacial score (nSPS) is 22.5. The molecule has 3 aromatic rings. The van der Waals surface area contributed by atoms with Gasteiger partial charge in [0.05, 0.1) is 52.1 Å². The maximum Gasteiger partial charge on any atom is 0.224 e. The molecule has 3 heterocycles. The number of hydrogen-bond acceptors (Lipinski definition) is 11. The van der Waals surface area contributed by atoms with Crippen LogP contribution in [0.4, 0.5) is 11.8 Å². The third kappa shape index (κ3) is 5.60. The van der Waals surface area contributed by atoms with E-state index in [2.05, 4.69) is 20.6 Å². The van der Waals surface area contributed by atoms with Crippen LogP contribution >= 0.6 is 11.3 Å². The number of rotatable bonds is 9. The molecule has 1 fully saturated rings. The van der Waals surface area contributed by atoms with Crippen LogP contribution in [0.2, 0.25) is 0 Å². The van der Waals surface area contributed by atoms with E-state index in [-0.39, 0.29) is 6.10 Å². The summed E-state index contributed by atoms with van der Waals surface area (Å²) in [6.45, 7) is 12.1. The van der Waals surface area contributed by atoms with Crippen molar-refractivity contribution >= 4 is 33.3 Å². The predicted molar refractivity (Wildman–Crippen MR) is 141 cm³/mol. The maximum absolute atomic E-state index is 10.8. The minimum absolute atomic E-state index is 0.130. The van der Waals surface area contributed by atoms with Gasteiger partial charge in [0.1, 0.15) is 22.4 Å². The fourth-order valence-corrected chi connectivity index (χ4v) is 5.72. The number of aromatic nitrogens is 4. The summed E-state index contributed by atoms with van der Waals surface area (Å²) < 4.78 is 6.62. The molecule has 196 valence electrons. The van der Waals surface area contributed by atoms with E-state index in [1.54, 1.807) is 20.0 Å². The first-order chi connectivity index (χ1) is 17.0. The SMILES string of the molecule is Cc1nc(NCCOC(C)C)nc(N[C@@H]2C[C@H](C(C)(C)O)[C@@H](O)[C@H]2O)c1-c1nc2c(C)nccc2s1. The number of aliphatic hydroxyl groups is 3. The lowest BCUT2D eigenvalue weighted by atomic mass is 9.88. The minimum Gasteiger partial charge on any atom is -0.390 e. The van der Waals surface area contributed by atoms with Gasteiger partial charge in [0.15, 0.2) is 0 Å². The van der Waals surface area contributed by atoms with Crippen molar-refractivity contribution in [2.45, 2.75) is 77.9 Å². The number of aliphatic hydroxyl groups excluding tert-OH is 2. The second kappa shape index (κ2) is 10.5. The largest absolute Gasteiger partial charge is 0.390 e. The number of aryl methyl sites for hydroxylation is 2. The molecule has 5 N–H and O–H groups in total. The Bertz CT molecular complexity index is 1210. The molecule has 10 nitrogen and oxygen atoms in total. The monoisotopic (exact) mass is 516 g/mol. The Morgan fingerprint density at radius 3 is 2.53 bits per heavy atom. The summed E-state index contributed by atoms with van der Waals surface area (Å²) in [5.41, 5.74) is 1.98. The Morgan fingerprint density at radius 1 is 1.14 bits per heavy atom. The van der Waals surface area contributed by atoms with E-state index in [9.17, 15) is 15.3 Å². The fraction of sp³-hybridized carbons (Fsp3) is 0.600. The third-order valence-corrected chi connectivity index (χ3v) is 7.58. The molecule has 1 aliphatic carbocycles. The van der Waals surface area contributed by atoms with Gasteiger partial charge in [-0.05, 0) is 54.0 Å². The van der Waals surface area contributed by atoms with Crippen molar-refractivity contribution < 1.29 is 20.1 Å². The minimum atomic E-state index is -1.14. The lowest BCUT2D eigenvalue weighted by Gasteiger charge is -2.28. The van der Waals surface area contributed by atoms with Crippen molar-refractivity contribution in [2.24, 2.45) is 5.92 Å². The van der Waals surface area contributed by atoms with Crippen LogP contribution in [0.5, 0.6) is 0 Å². The number of ether oxygens (including phenoxy) is 1. The van der Waals surface area contributed by atoms with Gasteiger partial charge in [-0.3, -0.25) is 4.98 Å². The van der Waals surface area contributed by atoms with Gasteiger partial charge in [-0.2, -0.15) is 4.98 Å². The second-order valence-corrected chi connectivity index (χ2v) is 11.2. The van der Waals surface area contributed by atoms with Crippen molar-refractivity contribution in [2.75, 3.05) is 23.8 Å². The zero-order valence-corrected chi connectivity index (χ0v) is 22.4. The fourth-order valence-electron chi connectivity index (χ4n) is 4.61. The molecule has 0 unspecified atom stereocenters. The highest BCUT2D eigenvalue weighted by molar-refractivity contribution is 7.21. The third-order valence-electron chi connectivity index (χ3n) is 6.54. The number of nitrogens with one attached hydrogen (secondary N) is 2. The van der Waals surface area contributed by atoms with Crippen molar-refractivity contribution in [3.05, 3.63) is 23.7 Å². The summed E-state index contributed by atoms with van der Waals surface area (Å²) in [6.07, 6.45) is 0.145. The average Bonchev–Trinajstić information content (AvgIpc) is 3.34. The Labute approximate surface area is 215 Å². The smallest absolute Gasteiger partial charge is 0.224 e. The molecule has 36 heavy (non-hydrogen) atoms. The molecular formula is C25H36N6O4S. The summed E-state index contributed by atoms with van der Waals surface area (Å²) in [6, 6.07) is 1.42. The maximum atomic E-state index is 10.8. The van der Waals surface area contributed by atoms with E-state index in [1.807, 2.05) is 33.8 Å². The second-order valence-electron chi connectivity index (χ2n) is 10.2. The van der Waals surface area contributed by atoms with Crippen molar-refractivity contribution in [1.82, 2.24) is 19.9 Å². The van der Waals surface area contributed by atoms with Crippen LogP contribution in [-0.4, -0.2) is 78.4 Å². The highest BCUT2D eigenvalue weighted by Gasteiger charge is 2.48. The summed E-state index contributed by atoms with van der Waals surface area (Å²) in [4.78, 5) is 18.6. The van der Waals surface area contributed by atoms with Crippen LogP contribution in [0.15, 0.2) is 12.3 Å². The molecule has 0 radical (unpaired) electrons. The number of pyridine rings is 1. The predicted octanol–water partition coefficient (Wildman–Crippen LogP) is 2.90. The van der Waals surface area contributed by atoms with Gasteiger partial charge in [-0.1, -0.05) is 0 Å². The molecule has 4 atom stereocenters. The van der Waals surface area contributed by atoms with E-state index in [0.29, 0.717) is 31.3 Å². The van der Waals surface area contributed by atoms with Gasteiger partial charge >= 0.3 is 0 Å². The van der Waals surface area contributed by atoms with Crippen molar-refractivity contribution in [3.8, 4) is 10.6 Å². The quantitative estimate of drug-likeness (QED) is 0.269. The number of thiazole rings is 1. The summed E-state index contributed by atoms with van der Waals surface area (Å²) >= 11 is 1.52. The Kier molecular flexibility index (Phi) is 7.77. The van der Waals surface area contributed by atoms with Gasteiger partial charge < -0.3 is 30.7 Å². The average molecular weight is 517 g/mol. The molecule has 0 aromatic carbocycles. The molecular weight excluding hydrogens is 480 g/mol. The molecule has 3 aromatic heterocycles. The summed E-state index contributed by atoms with van der Waals surface area (Å²) in [5.74, 6) is 0.447. The summed E-state index contributed by atoms with van der Waals surface area (Å²) in [7, 11) is 0.